The first-order valence-electron chi connectivity index (χ1n) is 5.55. The summed E-state index contributed by atoms with van der Waals surface area (Å²) in [4.78, 5) is 12.0. The van der Waals surface area contributed by atoms with E-state index < -0.39 is 0 Å². The Kier molecular flexibility index (Phi) is 4.86. The summed E-state index contributed by atoms with van der Waals surface area (Å²) in [6, 6.07) is 12.6. The van der Waals surface area contributed by atoms with E-state index in [1.807, 2.05) is 18.2 Å². The first-order chi connectivity index (χ1) is 9.09. The largest absolute Gasteiger partial charge is 0.348 e. The second-order valence-electron chi connectivity index (χ2n) is 3.88. The molecule has 2 rings (SSSR count). The number of hydrogen-bond acceptors (Lipinski definition) is 1. The lowest BCUT2D eigenvalue weighted by atomic mass is 10.2. The summed E-state index contributed by atoms with van der Waals surface area (Å²) < 4.78 is 0.694. The SMILES string of the molecule is O=C(NCc1ccccc1Cl)c1cccc(Br)c1Cl. The normalized spacial score (nSPS) is 10.3. The molecule has 2 aromatic rings. The number of carbonyl (C=O) groups is 1. The number of nitrogens with one attached hydrogen (secondary N) is 1. The summed E-state index contributed by atoms with van der Waals surface area (Å²) in [5.74, 6) is -0.230. The van der Waals surface area contributed by atoms with Crippen molar-refractivity contribution < 1.29 is 4.79 Å². The Hall–Kier alpha value is -1.03. The topological polar surface area (TPSA) is 29.1 Å². The molecule has 0 aliphatic heterocycles. The lowest BCUT2D eigenvalue weighted by Crippen LogP contribution is -2.23. The molecular weight excluding hydrogens is 349 g/mol. The molecule has 0 unspecified atom stereocenters. The van der Waals surface area contributed by atoms with Crippen LogP contribution in [0.1, 0.15) is 15.9 Å². The van der Waals surface area contributed by atoms with Gasteiger partial charge in [-0.2, -0.15) is 0 Å². The Bertz CT molecular complexity index is 616. The number of carbonyl (C=O) groups excluding carboxylic acids is 1. The van der Waals surface area contributed by atoms with Gasteiger partial charge in [0.2, 0.25) is 0 Å². The fourth-order valence-corrected chi connectivity index (χ4v) is 2.37. The number of hydrogen-bond donors (Lipinski definition) is 1. The number of benzene rings is 2. The van der Waals surface area contributed by atoms with Crippen molar-refractivity contribution in [3.05, 3.63) is 68.1 Å². The Morgan fingerprint density at radius 1 is 1.11 bits per heavy atom. The van der Waals surface area contributed by atoms with E-state index in [1.54, 1.807) is 24.3 Å². The first kappa shape index (κ1) is 14.4. The lowest BCUT2D eigenvalue weighted by molar-refractivity contribution is 0.0951. The summed E-state index contributed by atoms with van der Waals surface area (Å²) in [5, 5.41) is 3.83. The van der Waals surface area contributed by atoms with E-state index in [-0.39, 0.29) is 5.91 Å². The highest BCUT2D eigenvalue weighted by Crippen LogP contribution is 2.26. The Balaban J connectivity index is 2.10. The Labute approximate surface area is 129 Å². The summed E-state index contributed by atoms with van der Waals surface area (Å²) in [6.07, 6.45) is 0. The van der Waals surface area contributed by atoms with Gasteiger partial charge in [0.05, 0.1) is 10.6 Å². The molecule has 0 saturated heterocycles. The number of amides is 1. The van der Waals surface area contributed by atoms with Crippen molar-refractivity contribution in [2.24, 2.45) is 0 Å². The van der Waals surface area contributed by atoms with Gasteiger partial charge >= 0.3 is 0 Å². The van der Waals surface area contributed by atoms with Gasteiger partial charge in [0.1, 0.15) is 0 Å². The maximum atomic E-state index is 12.0. The van der Waals surface area contributed by atoms with E-state index in [2.05, 4.69) is 21.2 Å². The highest BCUT2D eigenvalue weighted by molar-refractivity contribution is 9.10. The summed E-state index contributed by atoms with van der Waals surface area (Å²) in [5.41, 5.74) is 1.30. The second-order valence-corrected chi connectivity index (χ2v) is 5.51. The Morgan fingerprint density at radius 3 is 2.58 bits per heavy atom. The molecule has 5 heteroatoms. The predicted octanol–water partition coefficient (Wildman–Crippen LogP) is 4.69. The van der Waals surface area contributed by atoms with Crippen molar-refractivity contribution in [2.45, 2.75) is 6.54 Å². The molecule has 0 spiro atoms. The van der Waals surface area contributed by atoms with Crippen molar-refractivity contribution in [3.63, 3.8) is 0 Å². The standard InChI is InChI=1S/C14H10BrCl2NO/c15-11-6-3-5-10(13(11)17)14(19)18-8-9-4-1-2-7-12(9)16/h1-7H,8H2,(H,18,19). The van der Waals surface area contributed by atoms with E-state index in [0.29, 0.717) is 26.6 Å². The third-order valence-corrected chi connectivity index (χ3v) is 4.26. The van der Waals surface area contributed by atoms with E-state index in [1.165, 1.54) is 0 Å². The van der Waals surface area contributed by atoms with E-state index >= 15 is 0 Å². The molecule has 0 aliphatic rings. The molecule has 0 atom stereocenters. The molecule has 19 heavy (non-hydrogen) atoms. The van der Waals surface area contributed by atoms with Crippen LogP contribution >= 0.6 is 39.1 Å². The van der Waals surface area contributed by atoms with E-state index in [4.69, 9.17) is 23.2 Å². The minimum absolute atomic E-state index is 0.230. The fourth-order valence-electron chi connectivity index (χ4n) is 1.59. The van der Waals surface area contributed by atoms with Crippen LogP contribution in [-0.4, -0.2) is 5.91 Å². The lowest BCUT2D eigenvalue weighted by Gasteiger charge is -2.08. The minimum atomic E-state index is -0.230. The van der Waals surface area contributed by atoms with Crippen molar-refractivity contribution in [1.82, 2.24) is 5.32 Å². The number of rotatable bonds is 3. The molecule has 1 N–H and O–H groups in total. The summed E-state index contributed by atoms with van der Waals surface area (Å²) >= 11 is 15.4. The molecule has 0 saturated carbocycles. The molecule has 0 fully saturated rings. The van der Waals surface area contributed by atoms with Gasteiger partial charge in [0.15, 0.2) is 0 Å². The molecule has 0 bridgehead atoms. The average Bonchev–Trinajstić information content (AvgIpc) is 2.40. The quantitative estimate of drug-likeness (QED) is 0.847. The van der Waals surface area contributed by atoms with Crippen molar-refractivity contribution in [2.75, 3.05) is 0 Å². The fraction of sp³-hybridized carbons (Fsp3) is 0.0714. The molecule has 0 radical (unpaired) electrons. The molecule has 0 aliphatic carbocycles. The van der Waals surface area contributed by atoms with Crippen LogP contribution in [0, 0.1) is 0 Å². The zero-order valence-electron chi connectivity index (χ0n) is 9.79. The zero-order valence-corrected chi connectivity index (χ0v) is 12.9. The molecular formula is C14H10BrCl2NO. The highest BCUT2D eigenvalue weighted by Gasteiger charge is 2.12. The first-order valence-corrected chi connectivity index (χ1v) is 7.10. The minimum Gasteiger partial charge on any atom is -0.348 e. The zero-order chi connectivity index (χ0) is 13.8. The maximum absolute atomic E-state index is 12.0. The smallest absolute Gasteiger partial charge is 0.253 e. The molecule has 0 heterocycles. The van der Waals surface area contributed by atoms with Gasteiger partial charge in [-0.3, -0.25) is 4.79 Å². The van der Waals surface area contributed by atoms with Crippen LogP contribution in [0.5, 0.6) is 0 Å². The van der Waals surface area contributed by atoms with Gasteiger partial charge in [-0.25, -0.2) is 0 Å². The average molecular weight is 359 g/mol. The maximum Gasteiger partial charge on any atom is 0.253 e. The summed E-state index contributed by atoms with van der Waals surface area (Å²) in [6.45, 7) is 0.362. The van der Waals surface area contributed by atoms with Crippen LogP contribution in [-0.2, 0) is 6.54 Å². The van der Waals surface area contributed by atoms with Crippen LogP contribution in [0.3, 0.4) is 0 Å². The van der Waals surface area contributed by atoms with Gasteiger partial charge in [-0.05, 0) is 39.7 Å². The van der Waals surface area contributed by atoms with Gasteiger partial charge < -0.3 is 5.32 Å². The monoisotopic (exact) mass is 357 g/mol. The van der Waals surface area contributed by atoms with Crippen LogP contribution < -0.4 is 5.32 Å². The highest BCUT2D eigenvalue weighted by atomic mass is 79.9. The molecule has 1 amide bonds. The van der Waals surface area contributed by atoms with Crippen molar-refractivity contribution in [1.29, 1.82) is 0 Å². The third kappa shape index (κ3) is 3.50. The van der Waals surface area contributed by atoms with Gasteiger partial charge in [0.25, 0.3) is 5.91 Å². The van der Waals surface area contributed by atoms with Gasteiger partial charge in [-0.1, -0.05) is 47.5 Å². The molecule has 0 aromatic heterocycles. The Morgan fingerprint density at radius 2 is 1.84 bits per heavy atom. The second kappa shape index (κ2) is 6.42. The predicted molar refractivity (Wildman–Crippen MR) is 81.8 cm³/mol. The van der Waals surface area contributed by atoms with Crippen molar-refractivity contribution in [3.8, 4) is 0 Å². The van der Waals surface area contributed by atoms with Gasteiger partial charge in [-0.15, -0.1) is 0 Å². The van der Waals surface area contributed by atoms with Crippen LogP contribution in [0.25, 0.3) is 0 Å². The van der Waals surface area contributed by atoms with Gasteiger partial charge in [0, 0.05) is 16.0 Å². The molecule has 2 nitrogen and oxygen atoms in total. The van der Waals surface area contributed by atoms with E-state index in [9.17, 15) is 4.79 Å². The van der Waals surface area contributed by atoms with Crippen LogP contribution in [0.2, 0.25) is 10.0 Å². The molecule has 2 aromatic carbocycles. The third-order valence-electron chi connectivity index (χ3n) is 2.59. The van der Waals surface area contributed by atoms with Crippen molar-refractivity contribution >= 4 is 45.0 Å². The van der Waals surface area contributed by atoms with Crippen LogP contribution in [0.15, 0.2) is 46.9 Å². The molecule has 98 valence electrons. The van der Waals surface area contributed by atoms with E-state index in [0.717, 1.165) is 5.56 Å². The van der Waals surface area contributed by atoms with Crippen LogP contribution in [0.4, 0.5) is 0 Å². The summed E-state index contributed by atoms with van der Waals surface area (Å²) in [7, 11) is 0. The number of halogens is 3.